The number of nitrogens with one attached hydrogen (secondary N) is 1. The minimum atomic E-state index is -0.195. The zero-order valence-corrected chi connectivity index (χ0v) is 10.1. The summed E-state index contributed by atoms with van der Waals surface area (Å²) in [5.74, 6) is -0.195. The molecule has 1 N–H and O–H groups in total. The molecule has 0 spiro atoms. The van der Waals surface area contributed by atoms with Crippen molar-refractivity contribution in [1.82, 2.24) is 5.32 Å². The van der Waals surface area contributed by atoms with Crippen molar-refractivity contribution in [3.8, 4) is 11.1 Å². The van der Waals surface area contributed by atoms with E-state index >= 15 is 0 Å². The van der Waals surface area contributed by atoms with Crippen molar-refractivity contribution in [3.05, 3.63) is 59.4 Å². The van der Waals surface area contributed by atoms with Crippen LogP contribution in [0, 0.1) is 12.7 Å². The summed E-state index contributed by atoms with van der Waals surface area (Å²) in [5.41, 5.74) is 4.39. The maximum Gasteiger partial charge on any atom is 0.123 e. The summed E-state index contributed by atoms with van der Waals surface area (Å²) in [7, 11) is 1.91. The lowest BCUT2D eigenvalue weighted by Gasteiger charge is -2.10. The van der Waals surface area contributed by atoms with E-state index in [1.165, 1.54) is 17.2 Å². The molecule has 1 nitrogen and oxygen atoms in total. The van der Waals surface area contributed by atoms with Crippen LogP contribution in [0.1, 0.15) is 11.1 Å². The molecule has 0 aliphatic rings. The lowest BCUT2D eigenvalue weighted by atomic mass is 9.97. The normalized spacial score (nSPS) is 10.5. The summed E-state index contributed by atoms with van der Waals surface area (Å²) in [6.45, 7) is 2.83. The van der Waals surface area contributed by atoms with Crippen LogP contribution >= 0.6 is 0 Å². The minimum Gasteiger partial charge on any atom is -0.316 e. The number of hydrogen-bond acceptors (Lipinski definition) is 1. The number of rotatable bonds is 3. The topological polar surface area (TPSA) is 12.0 Å². The van der Waals surface area contributed by atoms with Crippen LogP contribution in [0.2, 0.25) is 0 Å². The molecule has 0 saturated heterocycles. The molecule has 0 radical (unpaired) electrons. The van der Waals surface area contributed by atoms with E-state index in [4.69, 9.17) is 0 Å². The predicted octanol–water partition coefficient (Wildman–Crippen LogP) is 3.52. The third kappa shape index (κ3) is 2.71. The molecule has 0 unspecified atom stereocenters. The highest BCUT2D eigenvalue weighted by atomic mass is 19.1. The predicted molar refractivity (Wildman–Crippen MR) is 69.3 cm³/mol. The summed E-state index contributed by atoms with van der Waals surface area (Å²) < 4.78 is 13.3. The van der Waals surface area contributed by atoms with E-state index in [0.29, 0.717) is 0 Å². The molecule has 2 aromatic carbocycles. The molecule has 17 heavy (non-hydrogen) atoms. The molecule has 88 valence electrons. The molecule has 0 aliphatic heterocycles. The Morgan fingerprint density at radius 1 is 1.12 bits per heavy atom. The maximum atomic E-state index is 13.3. The Balaban J connectivity index is 2.52. The number of aryl methyl sites for hydroxylation is 1. The van der Waals surface area contributed by atoms with Crippen LogP contribution in [0.5, 0.6) is 0 Å². The molecule has 0 amide bonds. The first kappa shape index (κ1) is 11.8. The summed E-state index contributed by atoms with van der Waals surface area (Å²) >= 11 is 0. The second-order valence-corrected chi connectivity index (χ2v) is 4.20. The fourth-order valence-corrected chi connectivity index (χ4v) is 1.96. The molecular weight excluding hydrogens is 213 g/mol. The number of halogens is 1. The highest BCUT2D eigenvalue weighted by Crippen LogP contribution is 2.25. The molecule has 0 atom stereocenters. The highest BCUT2D eigenvalue weighted by Gasteiger charge is 2.05. The van der Waals surface area contributed by atoms with E-state index < -0.39 is 0 Å². The quantitative estimate of drug-likeness (QED) is 0.849. The van der Waals surface area contributed by atoms with Crippen molar-refractivity contribution in [2.45, 2.75) is 13.5 Å². The standard InChI is InChI=1S/C15H16FN/c1-11-6-7-13(10-17-2)15(8-11)12-4-3-5-14(16)9-12/h3-9,17H,10H2,1-2H3. The third-order valence-corrected chi connectivity index (χ3v) is 2.77. The van der Waals surface area contributed by atoms with Crippen LogP contribution < -0.4 is 5.32 Å². The maximum absolute atomic E-state index is 13.3. The molecule has 0 saturated carbocycles. The van der Waals surface area contributed by atoms with Crippen LogP contribution in [0.3, 0.4) is 0 Å². The highest BCUT2D eigenvalue weighted by molar-refractivity contribution is 5.68. The Bertz CT molecular complexity index is 520. The number of hydrogen-bond donors (Lipinski definition) is 1. The SMILES string of the molecule is CNCc1ccc(C)cc1-c1cccc(F)c1. The second kappa shape index (κ2) is 5.11. The van der Waals surface area contributed by atoms with Gasteiger partial charge in [0.2, 0.25) is 0 Å². The lowest BCUT2D eigenvalue weighted by molar-refractivity contribution is 0.628. The van der Waals surface area contributed by atoms with Gasteiger partial charge in [-0.05, 0) is 42.8 Å². The minimum absolute atomic E-state index is 0.195. The smallest absolute Gasteiger partial charge is 0.123 e. The molecule has 2 rings (SSSR count). The van der Waals surface area contributed by atoms with Gasteiger partial charge < -0.3 is 5.32 Å². The average molecular weight is 229 g/mol. The fraction of sp³-hybridized carbons (Fsp3) is 0.200. The van der Waals surface area contributed by atoms with Gasteiger partial charge in [0.1, 0.15) is 5.82 Å². The largest absolute Gasteiger partial charge is 0.316 e. The third-order valence-electron chi connectivity index (χ3n) is 2.77. The summed E-state index contributed by atoms with van der Waals surface area (Å²) in [6.07, 6.45) is 0. The van der Waals surface area contributed by atoms with E-state index in [-0.39, 0.29) is 5.82 Å². The van der Waals surface area contributed by atoms with Crippen molar-refractivity contribution in [1.29, 1.82) is 0 Å². The molecule has 0 aliphatic carbocycles. The van der Waals surface area contributed by atoms with E-state index in [1.807, 2.05) is 20.0 Å². The Labute approximate surface area is 101 Å². The first-order chi connectivity index (χ1) is 8.20. The first-order valence-electron chi connectivity index (χ1n) is 5.71. The zero-order valence-electron chi connectivity index (χ0n) is 10.1. The Hall–Kier alpha value is -1.67. The molecular formula is C15H16FN. The molecule has 0 bridgehead atoms. The number of benzene rings is 2. The van der Waals surface area contributed by atoms with Crippen molar-refractivity contribution in [3.63, 3.8) is 0 Å². The summed E-state index contributed by atoms with van der Waals surface area (Å²) in [6, 6.07) is 13.0. The van der Waals surface area contributed by atoms with Gasteiger partial charge in [0.15, 0.2) is 0 Å². The summed E-state index contributed by atoms with van der Waals surface area (Å²) in [4.78, 5) is 0. The average Bonchev–Trinajstić information content (AvgIpc) is 2.32. The fourth-order valence-electron chi connectivity index (χ4n) is 1.96. The molecule has 0 fully saturated rings. The van der Waals surface area contributed by atoms with Crippen LogP contribution in [0.4, 0.5) is 4.39 Å². The Kier molecular flexibility index (Phi) is 3.55. The van der Waals surface area contributed by atoms with Gasteiger partial charge in [0.25, 0.3) is 0 Å². The van der Waals surface area contributed by atoms with E-state index in [0.717, 1.165) is 17.7 Å². The molecule has 2 heteroatoms. The first-order valence-corrected chi connectivity index (χ1v) is 5.71. The van der Waals surface area contributed by atoms with E-state index in [1.54, 1.807) is 12.1 Å². The Morgan fingerprint density at radius 2 is 1.94 bits per heavy atom. The van der Waals surface area contributed by atoms with Crippen LogP contribution in [0.25, 0.3) is 11.1 Å². The van der Waals surface area contributed by atoms with Gasteiger partial charge in [0.05, 0.1) is 0 Å². The van der Waals surface area contributed by atoms with Gasteiger partial charge in [-0.25, -0.2) is 4.39 Å². The van der Waals surface area contributed by atoms with Gasteiger partial charge in [-0.2, -0.15) is 0 Å². The molecule has 0 aromatic heterocycles. The Morgan fingerprint density at radius 3 is 2.65 bits per heavy atom. The van der Waals surface area contributed by atoms with Crippen LogP contribution in [-0.2, 0) is 6.54 Å². The van der Waals surface area contributed by atoms with Crippen molar-refractivity contribution >= 4 is 0 Å². The zero-order chi connectivity index (χ0) is 12.3. The van der Waals surface area contributed by atoms with Gasteiger partial charge in [0, 0.05) is 6.54 Å². The van der Waals surface area contributed by atoms with Crippen molar-refractivity contribution in [2.75, 3.05) is 7.05 Å². The summed E-state index contributed by atoms with van der Waals surface area (Å²) in [5, 5.41) is 3.13. The van der Waals surface area contributed by atoms with E-state index in [2.05, 4.69) is 23.5 Å². The lowest BCUT2D eigenvalue weighted by Crippen LogP contribution is -2.06. The van der Waals surface area contributed by atoms with Crippen molar-refractivity contribution < 1.29 is 4.39 Å². The van der Waals surface area contributed by atoms with E-state index in [9.17, 15) is 4.39 Å². The molecule has 2 aromatic rings. The van der Waals surface area contributed by atoms with Crippen molar-refractivity contribution in [2.24, 2.45) is 0 Å². The monoisotopic (exact) mass is 229 g/mol. The van der Waals surface area contributed by atoms with Gasteiger partial charge in [-0.15, -0.1) is 0 Å². The van der Waals surface area contributed by atoms with Crippen LogP contribution in [-0.4, -0.2) is 7.05 Å². The molecule has 0 heterocycles. The van der Waals surface area contributed by atoms with Crippen LogP contribution in [0.15, 0.2) is 42.5 Å². The van der Waals surface area contributed by atoms with Gasteiger partial charge >= 0.3 is 0 Å². The second-order valence-electron chi connectivity index (χ2n) is 4.20. The van der Waals surface area contributed by atoms with Gasteiger partial charge in [-0.3, -0.25) is 0 Å². The van der Waals surface area contributed by atoms with Gasteiger partial charge in [-0.1, -0.05) is 35.9 Å².